The van der Waals surface area contributed by atoms with Gasteiger partial charge in [0.15, 0.2) is 0 Å². The molecule has 0 unspecified atom stereocenters. The smallest absolute Gasteiger partial charge is 0.118 e. The first kappa shape index (κ1) is 15.3. The molecule has 2 N–H and O–H groups in total. The summed E-state index contributed by atoms with van der Waals surface area (Å²) in [5.41, 5.74) is 1.75. The molecule has 0 bridgehead atoms. The van der Waals surface area contributed by atoms with E-state index in [1.165, 1.54) is 0 Å². The van der Waals surface area contributed by atoms with Crippen LogP contribution in [0.1, 0.15) is 11.7 Å². The van der Waals surface area contributed by atoms with Crippen molar-refractivity contribution >= 4 is 11.6 Å². The summed E-state index contributed by atoms with van der Waals surface area (Å²) in [6, 6.07) is 6.65. The molecule has 21 heavy (non-hydrogen) atoms. The second-order valence-corrected chi connectivity index (χ2v) is 5.10. The maximum absolute atomic E-state index is 10.3. The van der Waals surface area contributed by atoms with E-state index in [1.807, 2.05) is 0 Å². The zero-order chi connectivity index (χ0) is 15.6. The second kappa shape index (κ2) is 6.10. The van der Waals surface area contributed by atoms with Crippen LogP contribution >= 0.6 is 11.6 Å². The molecule has 0 aliphatic carbocycles. The highest BCUT2D eigenvalue weighted by molar-refractivity contribution is 6.30. The van der Waals surface area contributed by atoms with Crippen LogP contribution in [-0.2, 0) is 7.05 Å². The van der Waals surface area contributed by atoms with E-state index < -0.39 is 12.2 Å². The van der Waals surface area contributed by atoms with Gasteiger partial charge in [-0.2, -0.15) is 10.4 Å². The average molecular weight is 304 g/mol. The first-order valence-corrected chi connectivity index (χ1v) is 6.55. The van der Waals surface area contributed by atoms with Gasteiger partial charge in [0, 0.05) is 23.8 Å². The van der Waals surface area contributed by atoms with Crippen molar-refractivity contribution in [3.05, 3.63) is 53.3 Å². The summed E-state index contributed by atoms with van der Waals surface area (Å²) in [4.78, 5) is 0. The summed E-state index contributed by atoms with van der Waals surface area (Å²) in [6.45, 7) is 3.43. The highest BCUT2D eigenvalue weighted by Gasteiger charge is 2.24. The van der Waals surface area contributed by atoms with Gasteiger partial charge in [0.1, 0.15) is 12.2 Å². The predicted molar refractivity (Wildman–Crippen MR) is 79.4 cm³/mol. The summed E-state index contributed by atoms with van der Waals surface area (Å²) in [5.74, 6) is 0. The summed E-state index contributed by atoms with van der Waals surface area (Å²) in [6.07, 6.45) is 0.761. The topological polar surface area (TPSA) is 82.1 Å². The van der Waals surface area contributed by atoms with Crippen LogP contribution in [0.5, 0.6) is 0 Å². The van der Waals surface area contributed by atoms with E-state index in [2.05, 4.69) is 11.7 Å². The van der Waals surface area contributed by atoms with Gasteiger partial charge in [0.2, 0.25) is 0 Å². The number of halogens is 1. The summed E-state index contributed by atoms with van der Waals surface area (Å²) < 4.78 is 1.62. The van der Waals surface area contributed by atoms with Crippen LogP contribution in [0.25, 0.3) is 11.1 Å². The van der Waals surface area contributed by atoms with Gasteiger partial charge in [-0.25, -0.2) is 0 Å². The van der Waals surface area contributed by atoms with Gasteiger partial charge in [-0.05, 0) is 23.3 Å². The van der Waals surface area contributed by atoms with Crippen LogP contribution in [0.3, 0.4) is 0 Å². The molecule has 0 aliphatic rings. The van der Waals surface area contributed by atoms with E-state index in [0.29, 0.717) is 16.1 Å². The van der Waals surface area contributed by atoms with Gasteiger partial charge in [-0.3, -0.25) is 4.68 Å². The highest BCUT2D eigenvalue weighted by Crippen LogP contribution is 2.33. The molecule has 0 aliphatic heterocycles. The van der Waals surface area contributed by atoms with Crippen LogP contribution in [0.4, 0.5) is 0 Å². The molecule has 0 spiro atoms. The fourth-order valence-electron chi connectivity index (χ4n) is 2.02. The SMILES string of the molecule is C=C(C#N)[C@@H](O)[C@@H](O)c1ccc(Cl)cc1-c1cnn(C)c1. The molecule has 108 valence electrons. The second-order valence-electron chi connectivity index (χ2n) is 4.66. The first-order chi connectivity index (χ1) is 9.93. The summed E-state index contributed by atoms with van der Waals surface area (Å²) in [7, 11) is 1.77. The summed E-state index contributed by atoms with van der Waals surface area (Å²) in [5, 5.41) is 33.6. The first-order valence-electron chi connectivity index (χ1n) is 6.17. The van der Waals surface area contributed by atoms with Crippen LogP contribution in [0, 0.1) is 11.3 Å². The molecule has 0 saturated heterocycles. The minimum absolute atomic E-state index is 0.102. The number of benzene rings is 1. The average Bonchev–Trinajstić information content (AvgIpc) is 2.91. The number of hydrogen-bond acceptors (Lipinski definition) is 4. The summed E-state index contributed by atoms with van der Waals surface area (Å²) >= 11 is 6.01. The van der Waals surface area contributed by atoms with Gasteiger partial charge >= 0.3 is 0 Å². The Bertz CT molecular complexity index is 718. The number of aryl methyl sites for hydroxylation is 1. The van der Waals surface area contributed by atoms with Gasteiger partial charge in [0.05, 0.1) is 17.8 Å². The Morgan fingerprint density at radius 1 is 1.48 bits per heavy atom. The molecule has 1 aromatic heterocycles. The molecule has 0 amide bonds. The van der Waals surface area contributed by atoms with Gasteiger partial charge < -0.3 is 10.2 Å². The van der Waals surface area contributed by atoms with E-state index in [1.54, 1.807) is 48.4 Å². The van der Waals surface area contributed by atoms with Crippen molar-refractivity contribution < 1.29 is 10.2 Å². The van der Waals surface area contributed by atoms with Crippen molar-refractivity contribution in [2.75, 3.05) is 0 Å². The normalized spacial score (nSPS) is 13.5. The molecular formula is C15H14ClN3O2. The molecule has 1 aromatic carbocycles. The number of aromatic nitrogens is 2. The number of aliphatic hydroxyl groups is 2. The largest absolute Gasteiger partial charge is 0.385 e. The molecular weight excluding hydrogens is 290 g/mol. The van der Waals surface area contributed by atoms with Crippen molar-refractivity contribution in [1.82, 2.24) is 9.78 Å². The molecule has 1 heterocycles. The third-order valence-corrected chi connectivity index (χ3v) is 3.38. The number of rotatable bonds is 4. The van der Waals surface area contributed by atoms with Gasteiger partial charge in [0.25, 0.3) is 0 Å². The highest BCUT2D eigenvalue weighted by atomic mass is 35.5. The Labute approximate surface area is 127 Å². The standard InChI is InChI=1S/C15H14ClN3O2/c1-9(6-17)14(20)15(21)12-4-3-11(16)5-13(12)10-7-18-19(2)8-10/h3-5,7-8,14-15,20-21H,1H2,2H3/t14-,15+/m1/s1. The van der Waals surface area contributed by atoms with Crippen molar-refractivity contribution in [1.29, 1.82) is 5.26 Å². The Hall–Kier alpha value is -2.13. The molecule has 2 rings (SSSR count). The lowest BCUT2D eigenvalue weighted by molar-refractivity contribution is 0.0444. The Morgan fingerprint density at radius 2 is 2.19 bits per heavy atom. The zero-order valence-corrected chi connectivity index (χ0v) is 12.1. The van der Waals surface area contributed by atoms with Gasteiger partial charge in [-0.15, -0.1) is 0 Å². The lowest BCUT2D eigenvalue weighted by atomic mass is 9.93. The predicted octanol–water partition coefficient (Wildman–Crippen LogP) is 2.21. The Balaban J connectivity index is 2.49. The number of nitrogens with zero attached hydrogens (tertiary/aromatic N) is 3. The van der Waals surface area contributed by atoms with Crippen molar-refractivity contribution in [2.24, 2.45) is 7.05 Å². The third kappa shape index (κ3) is 3.14. The molecule has 0 radical (unpaired) electrons. The maximum Gasteiger partial charge on any atom is 0.118 e. The molecule has 0 saturated carbocycles. The maximum atomic E-state index is 10.3. The van der Waals surface area contributed by atoms with Crippen molar-refractivity contribution in [3.63, 3.8) is 0 Å². The minimum atomic E-state index is -1.37. The van der Waals surface area contributed by atoms with E-state index in [9.17, 15) is 10.2 Å². The van der Waals surface area contributed by atoms with Crippen LogP contribution < -0.4 is 0 Å². The fraction of sp³-hybridized carbons (Fsp3) is 0.200. The monoisotopic (exact) mass is 303 g/mol. The van der Waals surface area contributed by atoms with E-state index in [-0.39, 0.29) is 5.57 Å². The minimum Gasteiger partial charge on any atom is -0.385 e. The van der Waals surface area contributed by atoms with E-state index in [4.69, 9.17) is 16.9 Å². The molecule has 2 aromatic rings. The quantitative estimate of drug-likeness (QED) is 0.848. The van der Waals surface area contributed by atoms with Crippen LogP contribution in [-0.4, -0.2) is 26.1 Å². The number of hydrogen-bond donors (Lipinski definition) is 2. The van der Waals surface area contributed by atoms with Crippen molar-refractivity contribution in [3.8, 4) is 17.2 Å². The number of aliphatic hydroxyl groups excluding tert-OH is 2. The Kier molecular flexibility index (Phi) is 4.43. The number of nitriles is 1. The molecule has 2 atom stereocenters. The molecule has 0 fully saturated rings. The zero-order valence-electron chi connectivity index (χ0n) is 11.4. The lowest BCUT2D eigenvalue weighted by Crippen LogP contribution is -2.20. The van der Waals surface area contributed by atoms with Gasteiger partial charge in [-0.1, -0.05) is 24.2 Å². The molecule has 5 nitrogen and oxygen atoms in total. The molecule has 6 heteroatoms. The van der Waals surface area contributed by atoms with E-state index in [0.717, 1.165) is 5.56 Å². The lowest BCUT2D eigenvalue weighted by Gasteiger charge is -2.19. The van der Waals surface area contributed by atoms with Crippen LogP contribution in [0.2, 0.25) is 5.02 Å². The van der Waals surface area contributed by atoms with E-state index >= 15 is 0 Å². The fourth-order valence-corrected chi connectivity index (χ4v) is 2.20. The Morgan fingerprint density at radius 3 is 2.76 bits per heavy atom. The van der Waals surface area contributed by atoms with Crippen LogP contribution in [0.15, 0.2) is 42.7 Å². The van der Waals surface area contributed by atoms with Crippen molar-refractivity contribution in [2.45, 2.75) is 12.2 Å². The third-order valence-electron chi connectivity index (χ3n) is 3.15.